The minimum Gasteiger partial charge on any atom is -0.508 e. The van der Waals surface area contributed by atoms with Crippen molar-refractivity contribution < 1.29 is 9.50 Å². The largest absolute Gasteiger partial charge is 0.508 e. The second-order valence-corrected chi connectivity index (χ2v) is 7.39. The van der Waals surface area contributed by atoms with Crippen molar-refractivity contribution in [2.24, 2.45) is 5.10 Å². The third-order valence-corrected chi connectivity index (χ3v) is 5.08. The molecule has 0 radical (unpaired) electrons. The van der Waals surface area contributed by atoms with E-state index < -0.39 is 5.82 Å². The molecule has 0 unspecified atom stereocenters. The minimum atomic E-state index is -0.393. The molecule has 1 fully saturated rings. The average Bonchev–Trinajstić information content (AvgIpc) is 2.77. The number of phenolic OH excluding ortho intramolecular Hbond substituents is 1. The van der Waals surface area contributed by atoms with Gasteiger partial charge in [-0.05, 0) is 68.1 Å². The number of anilines is 4. The zero-order valence-electron chi connectivity index (χ0n) is 17.2. The lowest BCUT2D eigenvalue weighted by Gasteiger charge is -2.33. The van der Waals surface area contributed by atoms with Gasteiger partial charge >= 0.3 is 0 Å². The summed E-state index contributed by atoms with van der Waals surface area (Å²) < 4.78 is 14.1. The third kappa shape index (κ3) is 5.25. The van der Waals surface area contributed by atoms with Gasteiger partial charge in [-0.2, -0.15) is 20.1 Å². The number of hydrogen-bond acceptors (Lipinski definition) is 8. The van der Waals surface area contributed by atoms with Gasteiger partial charge in [-0.25, -0.2) is 9.82 Å². The molecule has 1 aliphatic rings. The summed E-state index contributed by atoms with van der Waals surface area (Å²) in [5, 5.41) is 16.5. The Morgan fingerprint density at radius 1 is 1.06 bits per heavy atom. The molecule has 160 valence electrons. The van der Waals surface area contributed by atoms with Crippen LogP contribution >= 0.6 is 0 Å². The smallest absolute Gasteiger partial charge is 0.250 e. The van der Waals surface area contributed by atoms with Crippen LogP contribution in [0.25, 0.3) is 0 Å². The molecule has 2 aromatic carbocycles. The predicted molar refractivity (Wildman–Crippen MR) is 119 cm³/mol. The number of hydrogen-bond donors (Lipinski definition) is 3. The van der Waals surface area contributed by atoms with E-state index >= 15 is 0 Å². The van der Waals surface area contributed by atoms with Crippen LogP contribution in [0.5, 0.6) is 5.75 Å². The van der Waals surface area contributed by atoms with E-state index in [2.05, 4.69) is 42.6 Å². The van der Waals surface area contributed by atoms with Gasteiger partial charge in [0.05, 0.1) is 11.9 Å². The fourth-order valence-corrected chi connectivity index (χ4v) is 3.40. The Balaban J connectivity index is 1.60. The summed E-state index contributed by atoms with van der Waals surface area (Å²) in [4.78, 5) is 15.5. The first-order chi connectivity index (χ1) is 15.1. The van der Waals surface area contributed by atoms with Gasteiger partial charge in [-0.15, -0.1) is 0 Å². The first-order valence-electron chi connectivity index (χ1n) is 10.2. The molecular formula is C22H24FN7O. The summed E-state index contributed by atoms with van der Waals surface area (Å²) in [7, 11) is 0. The number of para-hydroxylation sites is 1. The molecule has 0 spiro atoms. The molecule has 31 heavy (non-hydrogen) atoms. The fourth-order valence-electron chi connectivity index (χ4n) is 3.40. The lowest BCUT2D eigenvalue weighted by atomic mass is 10.0. The van der Waals surface area contributed by atoms with Crippen molar-refractivity contribution >= 4 is 29.7 Å². The Morgan fingerprint density at radius 3 is 2.61 bits per heavy atom. The quantitative estimate of drug-likeness (QED) is 0.403. The average molecular weight is 421 g/mol. The molecule has 0 bridgehead atoms. The molecule has 1 aromatic heterocycles. The number of rotatable bonds is 6. The summed E-state index contributed by atoms with van der Waals surface area (Å²) in [5.74, 6) is 0.789. The highest BCUT2D eigenvalue weighted by molar-refractivity contribution is 5.80. The molecule has 0 saturated carbocycles. The SMILES string of the molecule is C[C@H]1CCCCN1c1nc(N/N=C\c2ccc(O)cc2)nc(Nc2ccccc2F)n1. The molecular weight excluding hydrogens is 397 g/mol. The number of aromatic nitrogens is 3. The number of phenols is 1. The molecule has 8 nitrogen and oxygen atoms in total. The van der Waals surface area contributed by atoms with Gasteiger partial charge in [-0.3, -0.25) is 0 Å². The first-order valence-corrected chi connectivity index (χ1v) is 10.2. The third-order valence-electron chi connectivity index (χ3n) is 5.08. The molecule has 0 amide bonds. The van der Waals surface area contributed by atoms with Gasteiger partial charge in [0.2, 0.25) is 17.8 Å². The van der Waals surface area contributed by atoms with E-state index in [1.54, 1.807) is 48.7 Å². The second-order valence-electron chi connectivity index (χ2n) is 7.39. The Bertz CT molecular complexity index is 1060. The highest BCUT2D eigenvalue weighted by Crippen LogP contribution is 2.25. The first kappa shape index (κ1) is 20.5. The number of aromatic hydroxyl groups is 1. The van der Waals surface area contributed by atoms with Crippen molar-refractivity contribution in [3.05, 3.63) is 59.9 Å². The molecule has 3 N–H and O–H groups in total. The number of hydrazone groups is 1. The van der Waals surface area contributed by atoms with E-state index in [-0.39, 0.29) is 23.3 Å². The monoisotopic (exact) mass is 421 g/mol. The second kappa shape index (κ2) is 9.38. The number of benzene rings is 2. The van der Waals surface area contributed by atoms with Gasteiger partial charge in [-0.1, -0.05) is 12.1 Å². The van der Waals surface area contributed by atoms with Gasteiger partial charge in [0, 0.05) is 12.6 Å². The number of nitrogens with zero attached hydrogens (tertiary/aromatic N) is 5. The van der Waals surface area contributed by atoms with E-state index in [0.717, 1.165) is 24.9 Å². The van der Waals surface area contributed by atoms with E-state index in [1.165, 1.54) is 12.5 Å². The summed E-state index contributed by atoms with van der Waals surface area (Å²) >= 11 is 0. The fraction of sp³-hybridized carbons (Fsp3) is 0.273. The van der Waals surface area contributed by atoms with Crippen molar-refractivity contribution in [1.82, 2.24) is 15.0 Å². The van der Waals surface area contributed by atoms with Crippen molar-refractivity contribution in [2.75, 3.05) is 22.2 Å². The molecule has 0 aliphatic carbocycles. The highest BCUT2D eigenvalue weighted by atomic mass is 19.1. The number of nitrogens with one attached hydrogen (secondary N) is 2. The van der Waals surface area contributed by atoms with Crippen molar-refractivity contribution in [1.29, 1.82) is 0 Å². The number of piperidine rings is 1. The lowest BCUT2D eigenvalue weighted by Crippen LogP contribution is -2.38. The summed E-state index contributed by atoms with van der Waals surface area (Å²) in [6.45, 7) is 2.99. The molecule has 2 heterocycles. The van der Waals surface area contributed by atoms with Crippen LogP contribution in [0.2, 0.25) is 0 Å². The van der Waals surface area contributed by atoms with Crippen LogP contribution in [-0.2, 0) is 0 Å². The predicted octanol–water partition coefficient (Wildman–Crippen LogP) is 4.28. The zero-order valence-corrected chi connectivity index (χ0v) is 17.2. The lowest BCUT2D eigenvalue weighted by molar-refractivity contribution is 0.475. The normalized spacial score (nSPS) is 16.5. The van der Waals surface area contributed by atoms with Crippen LogP contribution in [0.15, 0.2) is 53.6 Å². The molecule has 9 heteroatoms. The summed E-state index contributed by atoms with van der Waals surface area (Å²) in [6, 6.07) is 13.3. The minimum absolute atomic E-state index is 0.187. The molecule has 1 saturated heterocycles. The Hall–Kier alpha value is -3.75. The van der Waals surface area contributed by atoms with E-state index in [9.17, 15) is 9.50 Å². The maximum Gasteiger partial charge on any atom is 0.250 e. The van der Waals surface area contributed by atoms with Crippen molar-refractivity contribution in [3.8, 4) is 5.75 Å². The van der Waals surface area contributed by atoms with Gasteiger partial charge in [0.25, 0.3) is 0 Å². The molecule has 1 aliphatic heterocycles. The van der Waals surface area contributed by atoms with Crippen LogP contribution in [0.1, 0.15) is 31.7 Å². The maximum absolute atomic E-state index is 14.1. The van der Waals surface area contributed by atoms with Gasteiger partial charge in [0.15, 0.2) is 0 Å². The van der Waals surface area contributed by atoms with Crippen molar-refractivity contribution in [3.63, 3.8) is 0 Å². The van der Waals surface area contributed by atoms with Gasteiger partial charge < -0.3 is 15.3 Å². The van der Waals surface area contributed by atoms with Crippen LogP contribution in [0.3, 0.4) is 0 Å². The Morgan fingerprint density at radius 2 is 1.84 bits per heavy atom. The van der Waals surface area contributed by atoms with Crippen LogP contribution in [-0.4, -0.2) is 38.9 Å². The summed E-state index contributed by atoms with van der Waals surface area (Å²) in [5.41, 5.74) is 3.91. The van der Waals surface area contributed by atoms with E-state index in [1.807, 2.05) is 0 Å². The van der Waals surface area contributed by atoms with Crippen LogP contribution < -0.4 is 15.6 Å². The van der Waals surface area contributed by atoms with E-state index in [0.29, 0.717) is 12.0 Å². The Kier molecular flexibility index (Phi) is 6.21. The van der Waals surface area contributed by atoms with Gasteiger partial charge in [0.1, 0.15) is 11.6 Å². The van der Waals surface area contributed by atoms with Crippen LogP contribution in [0, 0.1) is 5.82 Å². The topological polar surface area (TPSA) is 98.6 Å². The van der Waals surface area contributed by atoms with Crippen molar-refractivity contribution in [2.45, 2.75) is 32.2 Å². The summed E-state index contributed by atoms with van der Waals surface area (Å²) in [6.07, 6.45) is 4.89. The number of halogens is 1. The molecule has 3 aromatic rings. The Labute approximate surface area is 179 Å². The van der Waals surface area contributed by atoms with E-state index in [4.69, 9.17) is 0 Å². The maximum atomic E-state index is 14.1. The zero-order chi connectivity index (χ0) is 21.6. The highest BCUT2D eigenvalue weighted by Gasteiger charge is 2.22. The molecule has 1 atom stereocenters. The van der Waals surface area contributed by atoms with Crippen LogP contribution in [0.4, 0.5) is 27.9 Å². The molecule has 4 rings (SSSR count). The standard InChI is InChI=1S/C22H24FN7O/c1-15-6-4-5-13-30(15)22-27-20(25-19-8-3-2-7-18(19)23)26-21(28-22)29-24-14-16-9-11-17(31)12-10-16/h2-3,7-12,14-15,31H,4-6,13H2,1H3,(H2,25,26,27,28,29)/b24-14-/t15-/m0/s1.